The van der Waals surface area contributed by atoms with Crippen LogP contribution in [0.4, 0.5) is 0 Å². The fraction of sp³-hybridized carbons (Fsp3) is 0.385. The average molecular weight is 265 g/mol. The summed E-state index contributed by atoms with van der Waals surface area (Å²) in [6, 6.07) is 3.69. The Morgan fingerprint density at radius 2 is 1.74 bits per heavy atom. The van der Waals surface area contributed by atoms with Crippen LogP contribution in [0.2, 0.25) is 0 Å². The number of carbonyl (C=O) groups is 2. The zero-order valence-corrected chi connectivity index (χ0v) is 10.4. The van der Waals surface area contributed by atoms with Crippen molar-refractivity contribution >= 4 is 11.9 Å². The molecule has 1 saturated heterocycles. The molecule has 102 valence electrons. The second-order valence-electron chi connectivity index (χ2n) is 4.84. The van der Waals surface area contributed by atoms with Crippen LogP contribution in [-0.4, -0.2) is 45.2 Å². The minimum Gasteiger partial charge on any atom is -0.508 e. The molecule has 1 aliphatic rings. The number of hydrogen-bond donors (Lipinski definition) is 3. The summed E-state index contributed by atoms with van der Waals surface area (Å²) in [5, 5.41) is 27.5. The van der Waals surface area contributed by atoms with Gasteiger partial charge in [-0.05, 0) is 12.1 Å². The van der Waals surface area contributed by atoms with E-state index >= 15 is 0 Å². The number of carboxylic acids is 1. The van der Waals surface area contributed by atoms with Crippen molar-refractivity contribution in [2.24, 2.45) is 11.8 Å². The zero-order chi connectivity index (χ0) is 14.2. The van der Waals surface area contributed by atoms with Gasteiger partial charge < -0.3 is 20.2 Å². The number of rotatable bonds is 3. The molecule has 1 fully saturated rings. The Hall–Kier alpha value is -2.24. The van der Waals surface area contributed by atoms with E-state index in [-0.39, 0.29) is 28.9 Å². The summed E-state index contributed by atoms with van der Waals surface area (Å²) in [5.41, 5.74) is 0.193. The van der Waals surface area contributed by atoms with Gasteiger partial charge in [0.05, 0.1) is 5.92 Å². The summed E-state index contributed by atoms with van der Waals surface area (Å²) in [7, 11) is 0. The molecule has 0 saturated carbocycles. The van der Waals surface area contributed by atoms with Crippen LogP contribution in [0.15, 0.2) is 18.2 Å². The highest BCUT2D eigenvalue weighted by Gasteiger charge is 2.37. The molecule has 1 aliphatic heterocycles. The van der Waals surface area contributed by atoms with Gasteiger partial charge in [-0.1, -0.05) is 6.92 Å². The number of nitrogens with zero attached hydrogens (tertiary/aromatic N) is 1. The Balaban J connectivity index is 2.02. The molecule has 1 aromatic carbocycles. The van der Waals surface area contributed by atoms with Gasteiger partial charge >= 0.3 is 5.97 Å². The smallest absolute Gasteiger partial charge is 0.306 e. The standard InChI is InChI=1S/C13H15NO5/c1-7(13(18)19)9-5-14(6-9)12(17)8-2-10(15)4-11(16)3-8/h2-4,7,9,15-16H,5-6H2,1H3,(H,18,19). The van der Waals surface area contributed by atoms with Crippen LogP contribution in [0.3, 0.4) is 0 Å². The van der Waals surface area contributed by atoms with Crippen LogP contribution in [0, 0.1) is 11.8 Å². The number of phenolic OH excluding ortho intramolecular Hbond substituents is 2. The SMILES string of the molecule is CC(C(=O)O)C1CN(C(=O)c2cc(O)cc(O)c2)C1. The van der Waals surface area contributed by atoms with E-state index in [2.05, 4.69) is 0 Å². The summed E-state index contributed by atoms with van der Waals surface area (Å²) in [6.07, 6.45) is 0. The molecule has 0 aliphatic carbocycles. The summed E-state index contributed by atoms with van der Waals surface area (Å²) in [4.78, 5) is 24.3. The molecule has 1 atom stereocenters. The van der Waals surface area contributed by atoms with E-state index in [1.54, 1.807) is 6.92 Å². The Morgan fingerprint density at radius 3 is 2.21 bits per heavy atom. The van der Waals surface area contributed by atoms with Crippen molar-refractivity contribution in [1.29, 1.82) is 0 Å². The van der Waals surface area contributed by atoms with E-state index in [9.17, 15) is 19.8 Å². The van der Waals surface area contributed by atoms with Crippen molar-refractivity contribution in [3.8, 4) is 11.5 Å². The molecular weight excluding hydrogens is 250 g/mol. The largest absolute Gasteiger partial charge is 0.508 e. The fourth-order valence-electron chi connectivity index (χ4n) is 2.10. The Kier molecular flexibility index (Phi) is 3.33. The molecule has 0 bridgehead atoms. The lowest BCUT2D eigenvalue weighted by Crippen LogP contribution is -2.53. The summed E-state index contributed by atoms with van der Waals surface area (Å²) in [5.74, 6) is -2.08. The molecule has 0 aromatic heterocycles. The molecule has 3 N–H and O–H groups in total. The third kappa shape index (κ3) is 2.62. The second kappa shape index (κ2) is 4.79. The third-order valence-electron chi connectivity index (χ3n) is 3.44. The monoisotopic (exact) mass is 265 g/mol. The van der Waals surface area contributed by atoms with Crippen LogP contribution in [0.25, 0.3) is 0 Å². The van der Waals surface area contributed by atoms with Crippen molar-refractivity contribution < 1.29 is 24.9 Å². The predicted molar refractivity (Wildman–Crippen MR) is 66.0 cm³/mol. The predicted octanol–water partition coefficient (Wildman–Crippen LogP) is 0.890. The maximum atomic E-state index is 12.0. The van der Waals surface area contributed by atoms with E-state index in [0.717, 1.165) is 6.07 Å². The van der Waals surface area contributed by atoms with Crippen molar-refractivity contribution in [2.75, 3.05) is 13.1 Å². The van der Waals surface area contributed by atoms with Gasteiger partial charge in [-0.25, -0.2) is 0 Å². The Bertz CT molecular complexity index is 502. The van der Waals surface area contributed by atoms with Crippen LogP contribution in [-0.2, 0) is 4.79 Å². The highest BCUT2D eigenvalue weighted by atomic mass is 16.4. The average Bonchev–Trinajstić information content (AvgIpc) is 2.25. The summed E-state index contributed by atoms with van der Waals surface area (Å²) < 4.78 is 0. The van der Waals surface area contributed by atoms with Crippen molar-refractivity contribution in [3.05, 3.63) is 23.8 Å². The number of amides is 1. The first-order valence-electron chi connectivity index (χ1n) is 5.93. The van der Waals surface area contributed by atoms with Gasteiger partial charge in [0.15, 0.2) is 0 Å². The van der Waals surface area contributed by atoms with Crippen molar-refractivity contribution in [1.82, 2.24) is 4.90 Å². The Morgan fingerprint density at radius 1 is 1.21 bits per heavy atom. The van der Waals surface area contributed by atoms with Gasteiger partial charge in [0.1, 0.15) is 11.5 Å². The van der Waals surface area contributed by atoms with Gasteiger partial charge in [-0.2, -0.15) is 0 Å². The minimum absolute atomic E-state index is 0.0487. The van der Waals surface area contributed by atoms with E-state index in [1.165, 1.54) is 17.0 Å². The summed E-state index contributed by atoms with van der Waals surface area (Å²) in [6.45, 7) is 2.38. The van der Waals surface area contributed by atoms with E-state index < -0.39 is 11.9 Å². The molecule has 1 heterocycles. The van der Waals surface area contributed by atoms with E-state index in [1.807, 2.05) is 0 Å². The molecule has 0 spiro atoms. The molecule has 6 heteroatoms. The second-order valence-corrected chi connectivity index (χ2v) is 4.84. The number of carboxylic acid groups (broad SMARTS) is 1. The highest BCUT2D eigenvalue weighted by molar-refractivity contribution is 5.95. The van der Waals surface area contributed by atoms with E-state index in [4.69, 9.17) is 5.11 Å². The van der Waals surface area contributed by atoms with Crippen LogP contribution in [0.5, 0.6) is 11.5 Å². The maximum absolute atomic E-state index is 12.0. The first kappa shape index (κ1) is 13.2. The normalized spacial score (nSPS) is 16.8. The lowest BCUT2D eigenvalue weighted by atomic mass is 9.86. The Labute approximate surface area is 109 Å². The number of hydrogen-bond acceptors (Lipinski definition) is 4. The lowest BCUT2D eigenvalue weighted by molar-refractivity contribution is -0.144. The van der Waals surface area contributed by atoms with Crippen molar-refractivity contribution in [2.45, 2.75) is 6.92 Å². The van der Waals surface area contributed by atoms with Gasteiger partial charge in [0, 0.05) is 30.6 Å². The third-order valence-corrected chi connectivity index (χ3v) is 3.44. The van der Waals surface area contributed by atoms with Crippen LogP contribution < -0.4 is 0 Å². The highest BCUT2D eigenvalue weighted by Crippen LogP contribution is 2.28. The molecule has 1 aromatic rings. The lowest BCUT2D eigenvalue weighted by Gasteiger charge is -2.41. The van der Waals surface area contributed by atoms with E-state index in [0.29, 0.717) is 13.1 Å². The van der Waals surface area contributed by atoms with Crippen LogP contribution in [0.1, 0.15) is 17.3 Å². The minimum atomic E-state index is -0.868. The number of benzene rings is 1. The van der Waals surface area contributed by atoms with Crippen LogP contribution >= 0.6 is 0 Å². The number of aromatic hydroxyl groups is 2. The first-order chi connectivity index (χ1) is 8.88. The number of phenols is 2. The van der Waals surface area contributed by atoms with Gasteiger partial charge in [0.25, 0.3) is 5.91 Å². The first-order valence-corrected chi connectivity index (χ1v) is 5.93. The molecule has 6 nitrogen and oxygen atoms in total. The summed E-state index contributed by atoms with van der Waals surface area (Å²) >= 11 is 0. The molecule has 1 amide bonds. The number of carbonyl (C=O) groups excluding carboxylic acids is 1. The van der Waals surface area contributed by atoms with Gasteiger partial charge in [-0.3, -0.25) is 9.59 Å². The quantitative estimate of drug-likeness (QED) is 0.754. The van der Waals surface area contributed by atoms with Gasteiger partial charge in [-0.15, -0.1) is 0 Å². The topological polar surface area (TPSA) is 98.1 Å². The number of aliphatic carboxylic acids is 1. The molecule has 2 rings (SSSR count). The number of likely N-dealkylation sites (tertiary alicyclic amines) is 1. The van der Waals surface area contributed by atoms with Crippen molar-refractivity contribution in [3.63, 3.8) is 0 Å². The maximum Gasteiger partial charge on any atom is 0.306 e. The molecule has 1 unspecified atom stereocenters. The molecule has 0 radical (unpaired) electrons. The zero-order valence-electron chi connectivity index (χ0n) is 10.4. The van der Waals surface area contributed by atoms with Gasteiger partial charge in [0.2, 0.25) is 0 Å². The fourth-order valence-corrected chi connectivity index (χ4v) is 2.10. The molecular formula is C13H15NO5. The molecule has 19 heavy (non-hydrogen) atoms.